The molecule has 116 valence electrons. The molecular formula is C16H13N3O4. The van der Waals surface area contributed by atoms with Crippen LogP contribution in [-0.2, 0) is 6.61 Å². The first-order valence-corrected chi connectivity index (χ1v) is 6.82. The second-order valence-electron chi connectivity index (χ2n) is 4.77. The van der Waals surface area contributed by atoms with Crippen LogP contribution < -0.4 is 9.47 Å². The van der Waals surface area contributed by atoms with Crippen LogP contribution in [0, 0.1) is 10.1 Å². The number of methoxy groups -OCH3 is 1. The van der Waals surface area contributed by atoms with Crippen LogP contribution in [0.1, 0.15) is 5.56 Å². The molecule has 0 unspecified atom stereocenters. The summed E-state index contributed by atoms with van der Waals surface area (Å²) in [4.78, 5) is 18.6. The summed E-state index contributed by atoms with van der Waals surface area (Å²) in [7, 11) is 1.60. The van der Waals surface area contributed by atoms with Crippen LogP contribution in [0.5, 0.6) is 11.6 Å². The summed E-state index contributed by atoms with van der Waals surface area (Å²) in [5.74, 6) is 1.08. The van der Waals surface area contributed by atoms with Crippen molar-refractivity contribution in [3.8, 4) is 11.6 Å². The van der Waals surface area contributed by atoms with Crippen molar-refractivity contribution in [2.75, 3.05) is 7.11 Å². The number of nitro benzene ring substituents is 1. The summed E-state index contributed by atoms with van der Waals surface area (Å²) in [6.07, 6.45) is 1.37. The molecule has 3 rings (SSSR count). The molecule has 7 heteroatoms. The van der Waals surface area contributed by atoms with E-state index in [0.29, 0.717) is 23.4 Å². The average Bonchev–Trinajstić information content (AvgIpc) is 2.59. The standard InChI is InChI=1S/C16H13N3O4/c1-22-13-5-2-11(3-6-13)9-23-16-14-8-12(19(20)21)4-7-15(14)17-10-18-16/h2-8,10H,9H2,1H3. The third kappa shape index (κ3) is 3.18. The average molecular weight is 311 g/mol. The van der Waals surface area contributed by atoms with Gasteiger partial charge in [0.15, 0.2) is 0 Å². The second kappa shape index (κ2) is 6.27. The van der Waals surface area contributed by atoms with E-state index in [1.807, 2.05) is 24.3 Å². The van der Waals surface area contributed by atoms with Crippen LogP contribution in [0.3, 0.4) is 0 Å². The Labute approximate surface area is 131 Å². The molecule has 0 atom stereocenters. The number of ether oxygens (including phenoxy) is 2. The van der Waals surface area contributed by atoms with Crippen LogP contribution in [0.15, 0.2) is 48.8 Å². The quantitative estimate of drug-likeness (QED) is 0.531. The molecule has 3 aromatic rings. The summed E-state index contributed by atoms with van der Waals surface area (Å²) >= 11 is 0. The van der Waals surface area contributed by atoms with E-state index in [0.717, 1.165) is 11.3 Å². The van der Waals surface area contributed by atoms with E-state index in [1.165, 1.54) is 18.5 Å². The highest BCUT2D eigenvalue weighted by molar-refractivity contribution is 5.85. The summed E-state index contributed by atoms with van der Waals surface area (Å²) in [5, 5.41) is 11.4. The Kier molecular flexibility index (Phi) is 4.01. The normalized spacial score (nSPS) is 10.5. The molecule has 0 aliphatic rings. The van der Waals surface area contributed by atoms with E-state index in [2.05, 4.69) is 9.97 Å². The maximum atomic E-state index is 10.9. The fraction of sp³-hybridized carbons (Fsp3) is 0.125. The molecule has 0 spiro atoms. The maximum Gasteiger partial charge on any atom is 0.270 e. The molecule has 7 nitrogen and oxygen atoms in total. The lowest BCUT2D eigenvalue weighted by atomic mass is 10.2. The van der Waals surface area contributed by atoms with E-state index in [9.17, 15) is 10.1 Å². The van der Waals surface area contributed by atoms with Gasteiger partial charge in [-0.2, -0.15) is 0 Å². The van der Waals surface area contributed by atoms with Crippen LogP contribution >= 0.6 is 0 Å². The molecule has 1 aromatic heterocycles. The number of aromatic nitrogens is 2. The van der Waals surface area contributed by atoms with Gasteiger partial charge in [-0.25, -0.2) is 9.97 Å². The summed E-state index contributed by atoms with van der Waals surface area (Å²) in [6, 6.07) is 11.8. The van der Waals surface area contributed by atoms with Gasteiger partial charge in [-0.05, 0) is 23.8 Å². The van der Waals surface area contributed by atoms with Crippen molar-refractivity contribution in [2.24, 2.45) is 0 Å². The van der Waals surface area contributed by atoms with Crippen molar-refractivity contribution in [3.63, 3.8) is 0 Å². The van der Waals surface area contributed by atoms with Crippen LogP contribution in [0.4, 0.5) is 5.69 Å². The molecule has 0 bridgehead atoms. The molecule has 0 fully saturated rings. The number of hydrogen-bond donors (Lipinski definition) is 0. The summed E-state index contributed by atoms with van der Waals surface area (Å²) in [5.41, 5.74) is 1.50. The SMILES string of the molecule is COc1ccc(COc2ncnc3ccc([N+](=O)[O-])cc23)cc1. The van der Waals surface area contributed by atoms with Crippen molar-refractivity contribution in [3.05, 3.63) is 64.5 Å². The molecular weight excluding hydrogens is 298 g/mol. The zero-order valence-electron chi connectivity index (χ0n) is 12.3. The highest BCUT2D eigenvalue weighted by atomic mass is 16.6. The second-order valence-corrected chi connectivity index (χ2v) is 4.77. The molecule has 0 saturated heterocycles. The first-order valence-electron chi connectivity index (χ1n) is 6.82. The number of rotatable bonds is 5. The maximum absolute atomic E-state index is 10.9. The van der Waals surface area contributed by atoms with Gasteiger partial charge in [0.1, 0.15) is 18.7 Å². The fourth-order valence-electron chi connectivity index (χ4n) is 2.12. The van der Waals surface area contributed by atoms with Crippen molar-refractivity contribution in [2.45, 2.75) is 6.61 Å². The van der Waals surface area contributed by atoms with Crippen molar-refractivity contribution in [1.29, 1.82) is 0 Å². The third-order valence-electron chi connectivity index (χ3n) is 3.33. The zero-order valence-corrected chi connectivity index (χ0v) is 12.3. The Balaban J connectivity index is 1.86. The van der Waals surface area contributed by atoms with Crippen molar-refractivity contribution >= 4 is 16.6 Å². The van der Waals surface area contributed by atoms with E-state index in [1.54, 1.807) is 13.2 Å². The molecule has 0 amide bonds. The van der Waals surface area contributed by atoms with Gasteiger partial charge in [0.2, 0.25) is 5.88 Å². The highest BCUT2D eigenvalue weighted by Crippen LogP contribution is 2.26. The largest absolute Gasteiger partial charge is 0.497 e. The smallest absolute Gasteiger partial charge is 0.270 e. The summed E-state index contributed by atoms with van der Waals surface area (Å²) < 4.78 is 10.8. The Morgan fingerprint density at radius 1 is 1.13 bits per heavy atom. The molecule has 0 aliphatic carbocycles. The van der Waals surface area contributed by atoms with Gasteiger partial charge in [0.25, 0.3) is 5.69 Å². The minimum atomic E-state index is -0.459. The van der Waals surface area contributed by atoms with Gasteiger partial charge in [-0.3, -0.25) is 10.1 Å². The van der Waals surface area contributed by atoms with Gasteiger partial charge < -0.3 is 9.47 Å². The van der Waals surface area contributed by atoms with Gasteiger partial charge in [0, 0.05) is 12.1 Å². The molecule has 0 aliphatic heterocycles. The van der Waals surface area contributed by atoms with Gasteiger partial charge >= 0.3 is 0 Å². The van der Waals surface area contributed by atoms with Crippen LogP contribution in [0.2, 0.25) is 0 Å². The highest BCUT2D eigenvalue weighted by Gasteiger charge is 2.11. The number of hydrogen-bond acceptors (Lipinski definition) is 6. The molecule has 0 radical (unpaired) electrons. The van der Waals surface area contributed by atoms with Crippen LogP contribution in [0.25, 0.3) is 10.9 Å². The number of benzene rings is 2. The number of nitrogens with zero attached hydrogens (tertiary/aromatic N) is 3. The lowest BCUT2D eigenvalue weighted by Crippen LogP contribution is -1.99. The number of fused-ring (bicyclic) bond motifs is 1. The number of non-ortho nitro benzene ring substituents is 1. The predicted molar refractivity (Wildman–Crippen MR) is 83.5 cm³/mol. The Morgan fingerprint density at radius 3 is 2.61 bits per heavy atom. The Bertz CT molecular complexity index is 850. The van der Waals surface area contributed by atoms with E-state index >= 15 is 0 Å². The van der Waals surface area contributed by atoms with Crippen LogP contribution in [-0.4, -0.2) is 22.0 Å². The summed E-state index contributed by atoms with van der Waals surface area (Å²) in [6.45, 7) is 0.290. The lowest BCUT2D eigenvalue weighted by molar-refractivity contribution is -0.384. The minimum Gasteiger partial charge on any atom is -0.497 e. The fourth-order valence-corrected chi connectivity index (χ4v) is 2.12. The lowest BCUT2D eigenvalue weighted by Gasteiger charge is -2.08. The predicted octanol–water partition coefficient (Wildman–Crippen LogP) is 3.13. The van der Waals surface area contributed by atoms with Gasteiger partial charge in [-0.15, -0.1) is 0 Å². The Morgan fingerprint density at radius 2 is 1.91 bits per heavy atom. The van der Waals surface area contributed by atoms with Gasteiger partial charge in [0.05, 0.1) is 22.9 Å². The zero-order chi connectivity index (χ0) is 16.2. The van der Waals surface area contributed by atoms with E-state index in [4.69, 9.17) is 9.47 Å². The molecule has 2 aromatic carbocycles. The third-order valence-corrected chi connectivity index (χ3v) is 3.33. The Hall–Kier alpha value is -3.22. The molecule has 0 N–H and O–H groups in total. The monoisotopic (exact) mass is 311 g/mol. The topological polar surface area (TPSA) is 87.4 Å². The molecule has 23 heavy (non-hydrogen) atoms. The van der Waals surface area contributed by atoms with E-state index in [-0.39, 0.29) is 5.69 Å². The van der Waals surface area contributed by atoms with E-state index < -0.39 is 4.92 Å². The van der Waals surface area contributed by atoms with Crippen molar-refractivity contribution < 1.29 is 14.4 Å². The number of nitro groups is 1. The first-order chi connectivity index (χ1) is 11.2. The first kappa shape index (κ1) is 14.7. The minimum absolute atomic E-state index is 0.0263. The van der Waals surface area contributed by atoms with Crippen molar-refractivity contribution in [1.82, 2.24) is 9.97 Å². The van der Waals surface area contributed by atoms with Gasteiger partial charge in [-0.1, -0.05) is 12.1 Å². The molecule has 1 heterocycles. The molecule has 0 saturated carbocycles.